The molecule has 2 atom stereocenters. The van der Waals surface area contributed by atoms with Crippen molar-refractivity contribution in [1.82, 2.24) is 0 Å². The molecule has 2 nitrogen and oxygen atoms in total. The molecule has 0 spiro atoms. The van der Waals surface area contributed by atoms with E-state index in [0.717, 1.165) is 25.7 Å². The van der Waals surface area contributed by atoms with Crippen LogP contribution in [0.1, 0.15) is 71.6 Å². The van der Waals surface area contributed by atoms with Crippen LogP contribution in [0.25, 0.3) is 0 Å². The van der Waals surface area contributed by atoms with Crippen LogP contribution in [0.4, 0.5) is 0 Å². The Balaban J connectivity index is 3.43. The number of hydrogen-bond acceptors (Lipinski definition) is 2. The van der Waals surface area contributed by atoms with Gasteiger partial charge >= 0.3 is 0 Å². The van der Waals surface area contributed by atoms with Crippen LogP contribution >= 0.6 is 0 Å². The fourth-order valence-electron chi connectivity index (χ4n) is 2.15. The predicted octanol–water partition coefficient (Wildman–Crippen LogP) is 3.51. The minimum atomic E-state index is -0.295. The van der Waals surface area contributed by atoms with Gasteiger partial charge < -0.3 is 10.2 Å². The van der Waals surface area contributed by atoms with Crippen LogP contribution in [-0.2, 0) is 0 Å². The van der Waals surface area contributed by atoms with Crippen LogP contribution in [0.5, 0.6) is 0 Å². The first kappa shape index (κ1) is 15.9. The van der Waals surface area contributed by atoms with E-state index < -0.39 is 0 Å². The molecule has 0 aliphatic carbocycles. The minimum absolute atomic E-state index is 0.0978. The smallest absolute Gasteiger partial charge is 0.0590 e. The highest BCUT2D eigenvalue weighted by Gasteiger charge is 2.16. The molecule has 2 N–H and O–H groups in total. The lowest BCUT2D eigenvalue weighted by atomic mass is 9.94. The minimum Gasteiger partial charge on any atom is -0.396 e. The zero-order valence-electron chi connectivity index (χ0n) is 11.1. The first-order valence-electron chi connectivity index (χ1n) is 7.05. The lowest BCUT2D eigenvalue weighted by Crippen LogP contribution is -2.23. The van der Waals surface area contributed by atoms with E-state index in [2.05, 4.69) is 13.8 Å². The summed E-state index contributed by atoms with van der Waals surface area (Å²) >= 11 is 0. The van der Waals surface area contributed by atoms with Crippen molar-refractivity contribution in [2.75, 3.05) is 6.61 Å². The Labute approximate surface area is 101 Å². The van der Waals surface area contributed by atoms with E-state index in [4.69, 9.17) is 5.11 Å². The van der Waals surface area contributed by atoms with Gasteiger partial charge in [0.1, 0.15) is 0 Å². The second-order valence-electron chi connectivity index (χ2n) is 4.86. The molecule has 98 valence electrons. The zero-order valence-corrected chi connectivity index (χ0v) is 11.1. The van der Waals surface area contributed by atoms with Crippen molar-refractivity contribution in [1.29, 1.82) is 0 Å². The Hall–Kier alpha value is -0.0800. The molecular formula is C14H30O2. The summed E-state index contributed by atoms with van der Waals surface area (Å²) in [5, 5.41) is 19.0. The summed E-state index contributed by atoms with van der Waals surface area (Å²) in [6.45, 7) is 4.45. The van der Waals surface area contributed by atoms with Gasteiger partial charge in [0.2, 0.25) is 0 Å². The Morgan fingerprint density at radius 3 is 2.00 bits per heavy atom. The molecule has 0 aromatic rings. The second-order valence-corrected chi connectivity index (χ2v) is 4.86. The Bertz CT molecular complexity index is 137. The van der Waals surface area contributed by atoms with Gasteiger partial charge in [0.05, 0.1) is 6.10 Å². The van der Waals surface area contributed by atoms with Crippen LogP contribution in [0.15, 0.2) is 0 Å². The van der Waals surface area contributed by atoms with Crippen molar-refractivity contribution < 1.29 is 10.2 Å². The van der Waals surface area contributed by atoms with Crippen molar-refractivity contribution in [3.8, 4) is 0 Å². The largest absolute Gasteiger partial charge is 0.396 e. The molecule has 0 saturated carbocycles. The summed E-state index contributed by atoms with van der Waals surface area (Å²) in [5.41, 5.74) is 0. The van der Waals surface area contributed by atoms with Crippen LogP contribution in [-0.4, -0.2) is 22.9 Å². The number of rotatable bonds is 11. The summed E-state index contributed by atoms with van der Waals surface area (Å²) < 4.78 is 0. The van der Waals surface area contributed by atoms with E-state index >= 15 is 0 Å². The molecule has 0 fully saturated rings. The zero-order chi connectivity index (χ0) is 12.2. The number of aliphatic hydroxyl groups is 2. The van der Waals surface area contributed by atoms with Gasteiger partial charge in [-0.2, -0.15) is 0 Å². The van der Waals surface area contributed by atoms with Crippen LogP contribution in [0.3, 0.4) is 0 Å². The van der Waals surface area contributed by atoms with Gasteiger partial charge in [-0.05, 0) is 12.8 Å². The third-order valence-electron chi connectivity index (χ3n) is 3.29. The summed E-state index contributed by atoms with van der Waals surface area (Å²) in [7, 11) is 0. The van der Waals surface area contributed by atoms with Crippen molar-refractivity contribution in [3.05, 3.63) is 0 Å². The van der Waals surface area contributed by atoms with E-state index in [9.17, 15) is 5.11 Å². The number of aliphatic hydroxyl groups excluding tert-OH is 2. The van der Waals surface area contributed by atoms with Gasteiger partial charge in [-0.15, -0.1) is 0 Å². The highest BCUT2D eigenvalue weighted by Crippen LogP contribution is 2.17. The van der Waals surface area contributed by atoms with E-state index in [1.807, 2.05) is 0 Å². The SMILES string of the molecule is CCCCCCCCC(O)C(CO)CCC. The molecule has 0 amide bonds. The maximum Gasteiger partial charge on any atom is 0.0590 e. The Kier molecular flexibility index (Phi) is 11.3. The molecule has 16 heavy (non-hydrogen) atoms. The van der Waals surface area contributed by atoms with Crippen molar-refractivity contribution in [2.45, 2.75) is 77.7 Å². The van der Waals surface area contributed by atoms with E-state index in [-0.39, 0.29) is 18.6 Å². The Morgan fingerprint density at radius 2 is 1.44 bits per heavy atom. The average molecular weight is 230 g/mol. The van der Waals surface area contributed by atoms with Gasteiger partial charge in [-0.25, -0.2) is 0 Å². The normalized spacial score (nSPS) is 15.0. The van der Waals surface area contributed by atoms with Crippen molar-refractivity contribution in [2.24, 2.45) is 5.92 Å². The van der Waals surface area contributed by atoms with Gasteiger partial charge in [0.25, 0.3) is 0 Å². The lowest BCUT2D eigenvalue weighted by molar-refractivity contribution is 0.0539. The summed E-state index contributed by atoms with van der Waals surface area (Å²) in [6, 6.07) is 0. The fourth-order valence-corrected chi connectivity index (χ4v) is 2.15. The van der Waals surface area contributed by atoms with E-state index in [1.54, 1.807) is 0 Å². The molecule has 2 heteroatoms. The Morgan fingerprint density at radius 1 is 0.812 bits per heavy atom. The molecule has 0 saturated heterocycles. The van der Waals surface area contributed by atoms with Crippen molar-refractivity contribution >= 4 is 0 Å². The lowest BCUT2D eigenvalue weighted by Gasteiger charge is -2.20. The van der Waals surface area contributed by atoms with Gasteiger partial charge in [-0.3, -0.25) is 0 Å². The molecule has 0 aromatic carbocycles. The fraction of sp³-hybridized carbons (Fsp3) is 1.00. The monoisotopic (exact) mass is 230 g/mol. The van der Waals surface area contributed by atoms with Crippen LogP contribution in [0.2, 0.25) is 0 Å². The summed E-state index contributed by atoms with van der Waals surface area (Å²) in [4.78, 5) is 0. The molecule has 0 rings (SSSR count). The topological polar surface area (TPSA) is 40.5 Å². The van der Waals surface area contributed by atoms with E-state index in [0.29, 0.717) is 0 Å². The quantitative estimate of drug-likeness (QED) is 0.533. The van der Waals surface area contributed by atoms with Gasteiger partial charge in [-0.1, -0.05) is 58.8 Å². The van der Waals surface area contributed by atoms with Crippen molar-refractivity contribution in [3.63, 3.8) is 0 Å². The third-order valence-corrected chi connectivity index (χ3v) is 3.29. The predicted molar refractivity (Wildman–Crippen MR) is 69.5 cm³/mol. The molecule has 0 bridgehead atoms. The highest BCUT2D eigenvalue weighted by atomic mass is 16.3. The van der Waals surface area contributed by atoms with Crippen LogP contribution in [0, 0.1) is 5.92 Å². The maximum absolute atomic E-state index is 9.88. The summed E-state index contributed by atoms with van der Waals surface area (Å²) in [6.07, 6.45) is 10.1. The third kappa shape index (κ3) is 8.12. The average Bonchev–Trinajstić information content (AvgIpc) is 2.30. The molecule has 2 unspecified atom stereocenters. The van der Waals surface area contributed by atoms with Crippen LogP contribution < -0.4 is 0 Å². The first-order chi connectivity index (χ1) is 7.76. The second kappa shape index (κ2) is 11.4. The molecule has 0 heterocycles. The summed E-state index contributed by atoms with van der Waals surface area (Å²) in [5.74, 6) is 0.0978. The molecular weight excluding hydrogens is 200 g/mol. The van der Waals surface area contributed by atoms with Gasteiger partial charge in [0.15, 0.2) is 0 Å². The maximum atomic E-state index is 9.88. The molecule has 0 aliphatic heterocycles. The number of unbranched alkanes of at least 4 members (excludes halogenated alkanes) is 5. The molecule has 0 aromatic heterocycles. The highest BCUT2D eigenvalue weighted by molar-refractivity contribution is 4.67. The standard InChI is InChI=1S/C14H30O2/c1-3-5-6-7-8-9-11-14(16)13(12-15)10-4-2/h13-16H,3-12H2,1-2H3. The van der Waals surface area contributed by atoms with E-state index in [1.165, 1.54) is 32.1 Å². The first-order valence-corrected chi connectivity index (χ1v) is 7.05. The molecule has 0 aliphatic rings. The number of hydrogen-bond donors (Lipinski definition) is 2. The van der Waals surface area contributed by atoms with Gasteiger partial charge in [0, 0.05) is 12.5 Å². The molecule has 0 radical (unpaired) electrons.